The summed E-state index contributed by atoms with van der Waals surface area (Å²) in [5, 5.41) is 12.4. The molecular weight excluding hydrogens is 218 g/mol. The average molecular weight is 239 g/mol. The van der Waals surface area contributed by atoms with Gasteiger partial charge in [0, 0.05) is 6.54 Å². The summed E-state index contributed by atoms with van der Waals surface area (Å²) in [6.45, 7) is 7.04. The quantitative estimate of drug-likeness (QED) is 0.710. The molecule has 96 valence electrons. The Kier molecular flexibility index (Phi) is 5.69. The molecule has 0 radical (unpaired) electrons. The van der Waals surface area contributed by atoms with Crippen molar-refractivity contribution in [3.63, 3.8) is 0 Å². The van der Waals surface area contributed by atoms with Gasteiger partial charge in [0.05, 0.1) is 18.3 Å². The molecule has 5 heteroatoms. The molecule has 1 atom stereocenters. The van der Waals surface area contributed by atoms with Gasteiger partial charge in [0.2, 0.25) is 5.88 Å². The molecule has 0 fully saturated rings. The fourth-order valence-corrected chi connectivity index (χ4v) is 1.50. The summed E-state index contributed by atoms with van der Waals surface area (Å²) in [6.07, 6.45) is 2.94. The van der Waals surface area contributed by atoms with Crippen LogP contribution in [-0.4, -0.2) is 34.3 Å². The van der Waals surface area contributed by atoms with E-state index in [1.165, 1.54) is 6.33 Å². The second kappa shape index (κ2) is 7.06. The fraction of sp³-hybridized carbons (Fsp3) is 0.667. The Bertz CT molecular complexity index is 343. The van der Waals surface area contributed by atoms with Gasteiger partial charge in [0.1, 0.15) is 12.1 Å². The third-order valence-corrected chi connectivity index (χ3v) is 2.41. The van der Waals surface area contributed by atoms with Crippen LogP contribution >= 0.6 is 0 Å². The molecule has 0 aromatic carbocycles. The van der Waals surface area contributed by atoms with E-state index in [0.717, 1.165) is 30.8 Å². The van der Waals surface area contributed by atoms with Crippen LogP contribution in [0.2, 0.25) is 0 Å². The highest BCUT2D eigenvalue weighted by molar-refractivity contribution is 5.47. The molecule has 17 heavy (non-hydrogen) atoms. The molecule has 0 spiro atoms. The molecule has 1 aromatic rings. The van der Waals surface area contributed by atoms with E-state index in [9.17, 15) is 0 Å². The highest BCUT2D eigenvalue weighted by Crippen LogP contribution is 2.20. The van der Waals surface area contributed by atoms with Crippen LogP contribution in [-0.2, 0) is 0 Å². The molecule has 0 saturated heterocycles. The van der Waals surface area contributed by atoms with Crippen molar-refractivity contribution in [2.45, 2.75) is 39.7 Å². The van der Waals surface area contributed by atoms with Crippen LogP contribution in [0.1, 0.15) is 32.3 Å². The zero-order valence-electron chi connectivity index (χ0n) is 10.7. The van der Waals surface area contributed by atoms with E-state index >= 15 is 0 Å². The molecule has 1 unspecified atom stereocenters. The first-order valence-electron chi connectivity index (χ1n) is 6.01. The largest absolute Gasteiger partial charge is 0.478 e. The maximum Gasteiger partial charge on any atom is 0.221 e. The number of aliphatic hydroxyl groups excluding tert-OH is 1. The molecule has 1 aromatic heterocycles. The number of rotatable bonds is 7. The summed E-state index contributed by atoms with van der Waals surface area (Å²) < 4.78 is 5.39. The number of aliphatic hydroxyl groups is 1. The number of nitrogens with one attached hydrogen (secondary N) is 1. The van der Waals surface area contributed by atoms with Crippen molar-refractivity contribution < 1.29 is 9.84 Å². The maximum absolute atomic E-state index is 9.14. The van der Waals surface area contributed by atoms with Crippen LogP contribution in [0.5, 0.6) is 5.88 Å². The summed E-state index contributed by atoms with van der Waals surface area (Å²) in [4.78, 5) is 8.24. The molecular formula is C12H21N3O2. The Hall–Kier alpha value is -1.36. The third-order valence-electron chi connectivity index (χ3n) is 2.41. The van der Waals surface area contributed by atoms with Crippen LogP contribution in [0, 0.1) is 6.92 Å². The van der Waals surface area contributed by atoms with Crippen molar-refractivity contribution in [2.75, 3.05) is 18.5 Å². The second-order valence-corrected chi connectivity index (χ2v) is 4.00. The minimum absolute atomic E-state index is 0.248. The number of nitrogens with zero attached hydrogens (tertiary/aromatic N) is 2. The fourth-order valence-electron chi connectivity index (χ4n) is 1.50. The summed E-state index contributed by atoms with van der Waals surface area (Å²) >= 11 is 0. The van der Waals surface area contributed by atoms with Crippen LogP contribution in [0.4, 0.5) is 5.82 Å². The Morgan fingerprint density at radius 3 is 2.88 bits per heavy atom. The van der Waals surface area contributed by atoms with Crippen molar-refractivity contribution in [1.82, 2.24) is 9.97 Å². The molecule has 1 heterocycles. The van der Waals surface area contributed by atoms with Crippen LogP contribution in [0.15, 0.2) is 6.33 Å². The van der Waals surface area contributed by atoms with Gasteiger partial charge in [-0.2, -0.15) is 0 Å². The Labute approximate surface area is 102 Å². The normalized spacial score (nSPS) is 12.2. The van der Waals surface area contributed by atoms with Crippen LogP contribution in [0.25, 0.3) is 0 Å². The van der Waals surface area contributed by atoms with Gasteiger partial charge in [-0.3, -0.25) is 0 Å². The summed E-state index contributed by atoms with van der Waals surface area (Å²) in [5.41, 5.74) is 0.923. The SMILES string of the molecule is CCOc1ncnc(NCCCC(C)O)c1C. The highest BCUT2D eigenvalue weighted by Gasteiger charge is 2.07. The molecule has 0 aliphatic carbocycles. The minimum atomic E-state index is -0.248. The lowest BCUT2D eigenvalue weighted by Gasteiger charge is -2.11. The molecule has 0 saturated carbocycles. The van der Waals surface area contributed by atoms with Crippen LogP contribution in [0.3, 0.4) is 0 Å². The van der Waals surface area contributed by atoms with E-state index in [0.29, 0.717) is 12.5 Å². The topological polar surface area (TPSA) is 67.3 Å². The van der Waals surface area contributed by atoms with Crippen LogP contribution < -0.4 is 10.1 Å². The first-order chi connectivity index (χ1) is 8.15. The molecule has 2 N–H and O–H groups in total. The zero-order chi connectivity index (χ0) is 12.7. The maximum atomic E-state index is 9.14. The zero-order valence-corrected chi connectivity index (χ0v) is 10.7. The van der Waals surface area contributed by atoms with Gasteiger partial charge in [-0.15, -0.1) is 0 Å². The van der Waals surface area contributed by atoms with Gasteiger partial charge in [-0.25, -0.2) is 9.97 Å². The van der Waals surface area contributed by atoms with Gasteiger partial charge in [0.15, 0.2) is 0 Å². The standard InChI is InChI=1S/C12H21N3O2/c1-4-17-12-10(3)11(14-8-15-12)13-7-5-6-9(2)16/h8-9,16H,4-7H2,1-3H3,(H,13,14,15). The van der Waals surface area contributed by atoms with E-state index in [-0.39, 0.29) is 6.10 Å². The number of anilines is 1. The highest BCUT2D eigenvalue weighted by atomic mass is 16.5. The molecule has 1 rings (SSSR count). The predicted molar refractivity (Wildman–Crippen MR) is 67.3 cm³/mol. The van der Waals surface area contributed by atoms with E-state index in [4.69, 9.17) is 9.84 Å². The number of ether oxygens (including phenoxy) is 1. The molecule has 0 aliphatic heterocycles. The first-order valence-corrected chi connectivity index (χ1v) is 6.01. The molecule has 0 aliphatic rings. The van der Waals surface area contributed by atoms with Gasteiger partial charge in [-0.1, -0.05) is 0 Å². The predicted octanol–water partition coefficient (Wildman–Crippen LogP) is 1.76. The Morgan fingerprint density at radius 2 is 2.24 bits per heavy atom. The van der Waals surface area contributed by atoms with Crippen molar-refractivity contribution in [3.8, 4) is 5.88 Å². The smallest absolute Gasteiger partial charge is 0.221 e. The molecule has 5 nitrogen and oxygen atoms in total. The number of aromatic nitrogens is 2. The van der Waals surface area contributed by atoms with E-state index in [1.807, 2.05) is 13.8 Å². The van der Waals surface area contributed by atoms with E-state index < -0.39 is 0 Å². The van der Waals surface area contributed by atoms with Crippen molar-refractivity contribution in [2.24, 2.45) is 0 Å². The molecule has 0 amide bonds. The lowest BCUT2D eigenvalue weighted by Crippen LogP contribution is -2.09. The Balaban J connectivity index is 2.50. The van der Waals surface area contributed by atoms with Crippen molar-refractivity contribution in [1.29, 1.82) is 0 Å². The van der Waals surface area contributed by atoms with Crippen molar-refractivity contribution in [3.05, 3.63) is 11.9 Å². The first kappa shape index (κ1) is 13.7. The summed E-state index contributed by atoms with van der Waals surface area (Å²) in [6, 6.07) is 0. The average Bonchev–Trinajstić information content (AvgIpc) is 2.29. The lowest BCUT2D eigenvalue weighted by atomic mass is 10.2. The van der Waals surface area contributed by atoms with Crippen molar-refractivity contribution >= 4 is 5.82 Å². The summed E-state index contributed by atoms with van der Waals surface area (Å²) in [7, 11) is 0. The van der Waals surface area contributed by atoms with E-state index in [1.54, 1.807) is 6.92 Å². The Morgan fingerprint density at radius 1 is 1.47 bits per heavy atom. The van der Waals surface area contributed by atoms with Gasteiger partial charge in [-0.05, 0) is 33.6 Å². The lowest BCUT2D eigenvalue weighted by molar-refractivity contribution is 0.183. The third kappa shape index (κ3) is 4.56. The second-order valence-electron chi connectivity index (χ2n) is 4.00. The minimum Gasteiger partial charge on any atom is -0.478 e. The van der Waals surface area contributed by atoms with Gasteiger partial charge in [0.25, 0.3) is 0 Å². The molecule has 0 bridgehead atoms. The van der Waals surface area contributed by atoms with Gasteiger partial charge >= 0.3 is 0 Å². The number of hydrogen-bond donors (Lipinski definition) is 2. The summed E-state index contributed by atoms with van der Waals surface area (Å²) in [5.74, 6) is 1.43. The van der Waals surface area contributed by atoms with Gasteiger partial charge < -0.3 is 15.2 Å². The van der Waals surface area contributed by atoms with E-state index in [2.05, 4.69) is 15.3 Å². The monoisotopic (exact) mass is 239 g/mol. The number of hydrogen-bond acceptors (Lipinski definition) is 5.